The summed E-state index contributed by atoms with van der Waals surface area (Å²) in [5, 5.41) is 9.65. The Morgan fingerprint density at radius 3 is 2.56 bits per heavy atom. The Hall–Kier alpha value is -2.86. The zero-order chi connectivity index (χ0) is 17.9. The minimum absolute atomic E-state index is 0.00852. The van der Waals surface area contributed by atoms with Gasteiger partial charge in [0.25, 0.3) is 5.56 Å². The average Bonchev–Trinajstić information content (AvgIpc) is 3.33. The van der Waals surface area contributed by atoms with E-state index < -0.39 is 17.1 Å². The van der Waals surface area contributed by atoms with E-state index >= 15 is 0 Å². The highest BCUT2D eigenvalue weighted by molar-refractivity contribution is 5.90. The third-order valence-corrected chi connectivity index (χ3v) is 4.89. The smallest absolute Gasteiger partial charge is 0.350 e. The van der Waals surface area contributed by atoms with Gasteiger partial charge in [-0.15, -0.1) is 0 Å². The van der Waals surface area contributed by atoms with Crippen molar-refractivity contribution in [2.24, 2.45) is 5.73 Å². The normalized spacial score (nSPS) is 20.2. The standard InChI is InChI=1S/C16H17FN6O2/c17-12-5-10-13(11(6-18)14(12)21-4-3-8(19)7-21)22(9-1-2-9)16(25)23(20)15(10)24/h5,8-9H,1-4,7,19-20H2. The molecule has 1 aromatic carbocycles. The van der Waals surface area contributed by atoms with Crippen molar-refractivity contribution >= 4 is 16.6 Å². The number of nitrogen functional groups attached to an aromatic ring is 1. The van der Waals surface area contributed by atoms with Gasteiger partial charge >= 0.3 is 5.69 Å². The molecule has 1 atom stereocenters. The number of fused-ring (bicyclic) bond motifs is 1. The fraction of sp³-hybridized carbons (Fsp3) is 0.438. The van der Waals surface area contributed by atoms with E-state index in [1.165, 1.54) is 4.57 Å². The minimum atomic E-state index is -0.808. The highest BCUT2D eigenvalue weighted by Gasteiger charge is 2.32. The summed E-state index contributed by atoms with van der Waals surface area (Å²) in [5.41, 5.74) is 4.66. The maximum absolute atomic E-state index is 14.8. The first-order valence-corrected chi connectivity index (χ1v) is 8.13. The molecule has 8 nitrogen and oxygen atoms in total. The van der Waals surface area contributed by atoms with Gasteiger partial charge in [-0.2, -0.15) is 9.94 Å². The highest BCUT2D eigenvalue weighted by Crippen LogP contribution is 2.38. The highest BCUT2D eigenvalue weighted by atomic mass is 19.1. The van der Waals surface area contributed by atoms with Gasteiger partial charge in [0.2, 0.25) is 0 Å². The molecule has 1 unspecified atom stereocenters. The number of nitrogens with zero attached hydrogens (tertiary/aromatic N) is 4. The van der Waals surface area contributed by atoms with Crippen LogP contribution in [0.25, 0.3) is 10.9 Å². The molecule has 0 amide bonds. The molecular weight excluding hydrogens is 327 g/mol. The van der Waals surface area contributed by atoms with E-state index in [4.69, 9.17) is 11.6 Å². The largest absolute Gasteiger partial charge is 0.366 e. The number of nitriles is 1. The summed E-state index contributed by atoms with van der Waals surface area (Å²) >= 11 is 0. The second kappa shape index (κ2) is 5.32. The van der Waals surface area contributed by atoms with Crippen LogP contribution in [0, 0.1) is 17.1 Å². The SMILES string of the molecule is N#Cc1c(N2CCC(N)C2)c(F)cc2c(=O)n(N)c(=O)n(C3CC3)c12. The van der Waals surface area contributed by atoms with Crippen molar-refractivity contribution in [3.05, 3.63) is 38.3 Å². The molecule has 9 heteroatoms. The van der Waals surface area contributed by atoms with Crippen LogP contribution >= 0.6 is 0 Å². The molecule has 1 aliphatic carbocycles. The van der Waals surface area contributed by atoms with Gasteiger partial charge in [0, 0.05) is 25.2 Å². The first-order chi connectivity index (χ1) is 11.9. The fourth-order valence-corrected chi connectivity index (χ4v) is 3.55. The molecule has 4 N–H and O–H groups in total. The Labute approximate surface area is 141 Å². The van der Waals surface area contributed by atoms with Gasteiger partial charge in [0.15, 0.2) is 0 Å². The number of hydrogen-bond donors (Lipinski definition) is 2. The van der Waals surface area contributed by atoms with E-state index in [9.17, 15) is 19.2 Å². The lowest BCUT2D eigenvalue weighted by molar-refractivity contribution is 0.619. The molecule has 0 spiro atoms. The second-order valence-corrected chi connectivity index (χ2v) is 6.64. The number of halogens is 1. The second-order valence-electron chi connectivity index (χ2n) is 6.64. The average molecular weight is 344 g/mol. The predicted molar refractivity (Wildman–Crippen MR) is 90.4 cm³/mol. The number of benzene rings is 1. The number of aromatic nitrogens is 2. The van der Waals surface area contributed by atoms with Gasteiger partial charge in [0.05, 0.1) is 16.6 Å². The van der Waals surface area contributed by atoms with Crippen LogP contribution in [0.5, 0.6) is 0 Å². The Balaban J connectivity index is 2.13. The summed E-state index contributed by atoms with van der Waals surface area (Å²) in [6.07, 6.45) is 2.18. The van der Waals surface area contributed by atoms with Gasteiger partial charge in [-0.3, -0.25) is 9.36 Å². The zero-order valence-electron chi connectivity index (χ0n) is 13.4. The lowest BCUT2D eigenvalue weighted by Crippen LogP contribution is -2.44. The van der Waals surface area contributed by atoms with E-state index in [1.807, 2.05) is 6.07 Å². The molecule has 2 fully saturated rings. The Kier molecular flexibility index (Phi) is 3.33. The topological polar surface area (TPSA) is 123 Å². The van der Waals surface area contributed by atoms with E-state index in [0.717, 1.165) is 18.9 Å². The molecule has 2 aliphatic rings. The Bertz CT molecular complexity index is 1050. The van der Waals surface area contributed by atoms with Crippen molar-refractivity contribution in [1.82, 2.24) is 9.24 Å². The van der Waals surface area contributed by atoms with Gasteiger partial charge < -0.3 is 16.5 Å². The van der Waals surface area contributed by atoms with Gasteiger partial charge in [-0.1, -0.05) is 0 Å². The van der Waals surface area contributed by atoms with Crippen molar-refractivity contribution in [3.63, 3.8) is 0 Å². The van der Waals surface area contributed by atoms with Crippen molar-refractivity contribution in [3.8, 4) is 6.07 Å². The summed E-state index contributed by atoms with van der Waals surface area (Å²) in [4.78, 5) is 26.6. The monoisotopic (exact) mass is 344 g/mol. The first-order valence-electron chi connectivity index (χ1n) is 8.13. The lowest BCUT2D eigenvalue weighted by Gasteiger charge is -2.22. The van der Waals surface area contributed by atoms with E-state index in [-0.39, 0.29) is 34.2 Å². The van der Waals surface area contributed by atoms with Crippen LogP contribution in [-0.2, 0) is 0 Å². The zero-order valence-corrected chi connectivity index (χ0v) is 13.4. The molecule has 0 bridgehead atoms. The van der Waals surface area contributed by atoms with Crippen LogP contribution in [0.15, 0.2) is 15.7 Å². The quantitative estimate of drug-likeness (QED) is 0.725. The Morgan fingerprint density at radius 2 is 2.00 bits per heavy atom. The Morgan fingerprint density at radius 1 is 1.28 bits per heavy atom. The number of nitrogens with two attached hydrogens (primary N) is 2. The number of rotatable bonds is 2. The summed E-state index contributed by atoms with van der Waals surface area (Å²) < 4.78 is 16.6. The summed E-state index contributed by atoms with van der Waals surface area (Å²) in [5.74, 6) is 4.89. The fourth-order valence-electron chi connectivity index (χ4n) is 3.55. The first kappa shape index (κ1) is 15.7. The van der Waals surface area contributed by atoms with Crippen molar-refractivity contribution in [2.75, 3.05) is 23.8 Å². The van der Waals surface area contributed by atoms with E-state index in [0.29, 0.717) is 24.2 Å². The lowest BCUT2D eigenvalue weighted by atomic mass is 10.1. The van der Waals surface area contributed by atoms with Gasteiger partial charge in [0.1, 0.15) is 17.4 Å². The van der Waals surface area contributed by atoms with Crippen LogP contribution in [0.4, 0.5) is 10.1 Å². The van der Waals surface area contributed by atoms with Crippen LogP contribution < -0.4 is 27.7 Å². The molecule has 2 heterocycles. The van der Waals surface area contributed by atoms with Crippen LogP contribution in [-0.4, -0.2) is 28.4 Å². The van der Waals surface area contributed by atoms with Gasteiger partial charge in [-0.25, -0.2) is 9.18 Å². The van der Waals surface area contributed by atoms with Gasteiger partial charge in [-0.05, 0) is 25.3 Å². The summed E-state index contributed by atoms with van der Waals surface area (Å²) in [6.45, 7) is 0.929. The number of anilines is 1. The molecule has 130 valence electrons. The minimum Gasteiger partial charge on any atom is -0.366 e. The summed E-state index contributed by atoms with van der Waals surface area (Å²) in [7, 11) is 0. The summed E-state index contributed by atoms with van der Waals surface area (Å²) in [6, 6.07) is 2.83. The van der Waals surface area contributed by atoms with Crippen LogP contribution in [0.2, 0.25) is 0 Å². The molecule has 1 saturated carbocycles. The molecule has 1 aromatic heterocycles. The molecule has 1 saturated heterocycles. The van der Waals surface area contributed by atoms with Crippen molar-refractivity contribution < 1.29 is 4.39 Å². The molecule has 0 radical (unpaired) electrons. The van der Waals surface area contributed by atoms with E-state index in [1.54, 1.807) is 4.90 Å². The van der Waals surface area contributed by atoms with Crippen LogP contribution in [0.3, 0.4) is 0 Å². The van der Waals surface area contributed by atoms with Crippen molar-refractivity contribution in [2.45, 2.75) is 31.3 Å². The van der Waals surface area contributed by atoms with Crippen LogP contribution in [0.1, 0.15) is 30.9 Å². The molecule has 4 rings (SSSR count). The van der Waals surface area contributed by atoms with Crippen molar-refractivity contribution in [1.29, 1.82) is 5.26 Å². The molecular formula is C16H17FN6O2. The molecule has 1 aliphatic heterocycles. The third-order valence-electron chi connectivity index (χ3n) is 4.89. The van der Waals surface area contributed by atoms with E-state index in [2.05, 4.69) is 0 Å². The number of hydrogen-bond acceptors (Lipinski definition) is 6. The predicted octanol–water partition coefficient (Wildman–Crippen LogP) is -0.240. The maximum Gasteiger partial charge on any atom is 0.350 e. The molecule has 25 heavy (non-hydrogen) atoms. The molecule has 2 aromatic rings. The maximum atomic E-state index is 14.8. The third kappa shape index (κ3) is 2.21.